The van der Waals surface area contributed by atoms with Crippen molar-refractivity contribution in [2.75, 3.05) is 18.0 Å². The summed E-state index contributed by atoms with van der Waals surface area (Å²) in [7, 11) is 0. The van der Waals surface area contributed by atoms with Gasteiger partial charge in [0.25, 0.3) is 0 Å². The highest BCUT2D eigenvalue weighted by Gasteiger charge is 2.42. The Kier molecular flexibility index (Phi) is 3.84. The lowest BCUT2D eigenvalue weighted by Crippen LogP contribution is -2.53. The van der Waals surface area contributed by atoms with Crippen LogP contribution in [0.2, 0.25) is 5.02 Å². The van der Waals surface area contributed by atoms with Gasteiger partial charge < -0.3 is 15.7 Å². The van der Waals surface area contributed by atoms with Crippen molar-refractivity contribution < 1.29 is 5.11 Å². The number of halogens is 1. The molecule has 1 aliphatic carbocycles. The molecule has 2 unspecified atom stereocenters. The molecule has 5 heteroatoms. The summed E-state index contributed by atoms with van der Waals surface area (Å²) < 4.78 is 0. The Labute approximate surface area is 130 Å². The van der Waals surface area contributed by atoms with Gasteiger partial charge in [-0.1, -0.05) is 24.4 Å². The number of anilines is 1. The number of nitrogens with two attached hydrogens (primary N) is 1. The molecule has 3 rings (SSSR count). The van der Waals surface area contributed by atoms with E-state index >= 15 is 0 Å². The average molecular weight is 308 g/mol. The molecule has 1 saturated carbocycles. The van der Waals surface area contributed by atoms with Crippen LogP contribution in [0.15, 0.2) is 18.2 Å². The van der Waals surface area contributed by atoms with Gasteiger partial charge in [-0.2, -0.15) is 0 Å². The first-order valence-electron chi connectivity index (χ1n) is 7.61. The lowest BCUT2D eigenvalue weighted by molar-refractivity contribution is -0.0612. The maximum absolute atomic E-state index is 10.7. The zero-order chi connectivity index (χ0) is 15.0. The predicted molar refractivity (Wildman–Crippen MR) is 86.2 cm³/mol. The quantitative estimate of drug-likeness (QED) is 0.581. The molecule has 2 aliphatic rings. The number of benzene rings is 1. The van der Waals surface area contributed by atoms with Crippen LogP contribution in [-0.4, -0.2) is 29.6 Å². The van der Waals surface area contributed by atoms with Gasteiger partial charge in [-0.25, -0.2) is 0 Å². The van der Waals surface area contributed by atoms with Crippen LogP contribution in [0, 0.1) is 11.3 Å². The van der Waals surface area contributed by atoms with Crippen molar-refractivity contribution in [3.8, 4) is 0 Å². The van der Waals surface area contributed by atoms with Crippen LogP contribution in [0.3, 0.4) is 0 Å². The molecule has 1 heterocycles. The van der Waals surface area contributed by atoms with E-state index in [1.807, 2.05) is 12.1 Å². The Hall–Kier alpha value is -1.26. The molecule has 2 atom stereocenters. The van der Waals surface area contributed by atoms with Crippen LogP contribution in [-0.2, 0) is 0 Å². The fourth-order valence-electron chi connectivity index (χ4n) is 3.72. The summed E-state index contributed by atoms with van der Waals surface area (Å²) in [5.41, 5.74) is 6.65. The number of aliphatic hydroxyl groups is 1. The first kappa shape index (κ1) is 14.7. The number of rotatable bonds is 2. The number of hydrogen-bond acceptors (Lipinski definition) is 3. The van der Waals surface area contributed by atoms with E-state index in [1.54, 1.807) is 6.07 Å². The molecular formula is C16H22ClN3O. The highest BCUT2D eigenvalue weighted by molar-refractivity contribution is 6.33. The molecule has 0 aromatic heterocycles. The molecule has 1 saturated heterocycles. The summed E-state index contributed by atoms with van der Waals surface area (Å²) in [6.45, 7) is 1.68. The van der Waals surface area contributed by atoms with Crippen molar-refractivity contribution in [3.63, 3.8) is 0 Å². The Bertz CT molecular complexity index is 562. The van der Waals surface area contributed by atoms with Crippen LogP contribution in [0.25, 0.3) is 0 Å². The van der Waals surface area contributed by atoms with Gasteiger partial charge in [-0.15, -0.1) is 0 Å². The van der Waals surface area contributed by atoms with Gasteiger partial charge in [0.15, 0.2) is 0 Å². The fraction of sp³-hybridized carbons (Fsp3) is 0.562. The summed E-state index contributed by atoms with van der Waals surface area (Å²) >= 11 is 6.36. The minimum atomic E-state index is -0.472. The molecule has 1 aliphatic heterocycles. The maximum Gasteiger partial charge on any atom is 0.122 e. The number of fused-ring (bicyclic) bond motifs is 1. The van der Waals surface area contributed by atoms with Crippen LogP contribution in [0.4, 0.5) is 5.69 Å². The van der Waals surface area contributed by atoms with Gasteiger partial charge in [0.05, 0.1) is 16.3 Å². The fourth-order valence-corrected chi connectivity index (χ4v) is 4.02. The van der Waals surface area contributed by atoms with E-state index < -0.39 is 5.60 Å². The summed E-state index contributed by atoms with van der Waals surface area (Å²) in [6.07, 6.45) is 5.18. The van der Waals surface area contributed by atoms with Crippen molar-refractivity contribution in [1.29, 1.82) is 5.41 Å². The van der Waals surface area contributed by atoms with E-state index in [4.69, 9.17) is 22.7 Å². The van der Waals surface area contributed by atoms with E-state index in [2.05, 4.69) is 4.90 Å². The summed E-state index contributed by atoms with van der Waals surface area (Å²) in [4.78, 5) is 2.26. The maximum atomic E-state index is 10.7. The highest BCUT2D eigenvalue weighted by atomic mass is 35.5. The predicted octanol–water partition coefficient (Wildman–Crippen LogP) is 2.76. The zero-order valence-electron chi connectivity index (χ0n) is 12.1. The molecular weight excluding hydrogens is 286 g/mol. The van der Waals surface area contributed by atoms with Gasteiger partial charge in [-0.3, -0.25) is 5.41 Å². The van der Waals surface area contributed by atoms with Crippen LogP contribution >= 0.6 is 11.6 Å². The number of hydrogen-bond donors (Lipinski definition) is 3. The number of piperidine rings is 1. The standard InChI is InChI=1S/C16H22ClN3O/c17-13-9-11(15(18)19)4-5-14(13)20-8-7-16(21)6-2-1-3-12(16)10-20/h4-5,9,12,21H,1-3,6-8,10H2,(H3,18,19). The van der Waals surface area contributed by atoms with Gasteiger partial charge in [0, 0.05) is 24.6 Å². The third kappa shape index (κ3) is 2.74. The van der Waals surface area contributed by atoms with E-state index in [0.717, 1.165) is 44.5 Å². The molecule has 0 amide bonds. The van der Waals surface area contributed by atoms with Crippen molar-refractivity contribution in [1.82, 2.24) is 0 Å². The monoisotopic (exact) mass is 307 g/mol. The number of nitrogen functional groups attached to an aromatic ring is 1. The molecule has 114 valence electrons. The summed E-state index contributed by atoms with van der Waals surface area (Å²) in [5, 5.41) is 18.8. The minimum Gasteiger partial charge on any atom is -0.389 e. The van der Waals surface area contributed by atoms with Crippen molar-refractivity contribution >= 4 is 23.1 Å². The van der Waals surface area contributed by atoms with Crippen LogP contribution < -0.4 is 10.6 Å². The first-order chi connectivity index (χ1) is 9.99. The summed E-state index contributed by atoms with van der Waals surface area (Å²) in [5.74, 6) is 0.368. The molecule has 0 spiro atoms. The second kappa shape index (κ2) is 5.50. The topological polar surface area (TPSA) is 73.3 Å². The van der Waals surface area contributed by atoms with E-state index in [9.17, 15) is 5.11 Å². The Morgan fingerprint density at radius 2 is 2.19 bits per heavy atom. The highest BCUT2D eigenvalue weighted by Crippen LogP contribution is 2.42. The third-order valence-electron chi connectivity index (χ3n) is 5.03. The van der Waals surface area contributed by atoms with Crippen LogP contribution in [0.5, 0.6) is 0 Å². The van der Waals surface area contributed by atoms with Crippen molar-refractivity contribution in [2.24, 2.45) is 11.7 Å². The van der Waals surface area contributed by atoms with Gasteiger partial charge >= 0.3 is 0 Å². The molecule has 2 fully saturated rings. The molecule has 4 nitrogen and oxygen atoms in total. The molecule has 21 heavy (non-hydrogen) atoms. The molecule has 1 aromatic rings. The minimum absolute atomic E-state index is 0.0312. The normalized spacial score (nSPS) is 29.0. The van der Waals surface area contributed by atoms with Gasteiger partial charge in [0.2, 0.25) is 0 Å². The molecule has 1 aromatic carbocycles. The van der Waals surface area contributed by atoms with E-state index in [-0.39, 0.29) is 5.84 Å². The van der Waals surface area contributed by atoms with Gasteiger partial charge in [0.1, 0.15) is 5.84 Å². The number of amidine groups is 1. The van der Waals surface area contributed by atoms with Crippen molar-refractivity contribution in [2.45, 2.75) is 37.7 Å². The second-order valence-electron chi connectivity index (χ2n) is 6.32. The Morgan fingerprint density at radius 3 is 2.90 bits per heavy atom. The average Bonchev–Trinajstić information content (AvgIpc) is 2.46. The number of nitrogens with zero attached hydrogens (tertiary/aromatic N) is 1. The Morgan fingerprint density at radius 1 is 1.38 bits per heavy atom. The molecule has 0 bridgehead atoms. The third-order valence-corrected chi connectivity index (χ3v) is 5.33. The number of nitrogens with one attached hydrogen (secondary N) is 1. The lowest BCUT2D eigenvalue weighted by atomic mass is 9.71. The molecule has 0 radical (unpaired) electrons. The SMILES string of the molecule is N=C(N)c1ccc(N2CCC3(O)CCCCC3C2)c(Cl)c1. The van der Waals surface area contributed by atoms with E-state index in [0.29, 0.717) is 16.5 Å². The largest absolute Gasteiger partial charge is 0.389 e. The summed E-state index contributed by atoms with van der Waals surface area (Å²) in [6, 6.07) is 5.53. The zero-order valence-corrected chi connectivity index (χ0v) is 12.9. The first-order valence-corrected chi connectivity index (χ1v) is 7.99. The smallest absolute Gasteiger partial charge is 0.122 e. The van der Waals surface area contributed by atoms with Gasteiger partial charge in [-0.05, 0) is 37.5 Å². The lowest BCUT2D eigenvalue weighted by Gasteiger charge is -2.48. The van der Waals surface area contributed by atoms with Crippen LogP contribution in [0.1, 0.15) is 37.7 Å². The van der Waals surface area contributed by atoms with Crippen molar-refractivity contribution in [3.05, 3.63) is 28.8 Å². The molecule has 4 N–H and O–H groups in total. The Balaban J connectivity index is 1.81. The second-order valence-corrected chi connectivity index (χ2v) is 6.73. The van der Waals surface area contributed by atoms with E-state index in [1.165, 1.54) is 6.42 Å².